The Morgan fingerprint density at radius 2 is 1.67 bits per heavy atom. The molecule has 3 rings (SSSR count). The molecular weight excluding hydrogens is 326 g/mol. The minimum absolute atomic E-state index is 0.158. The van der Waals surface area contributed by atoms with Crippen molar-refractivity contribution in [2.45, 2.75) is 31.8 Å². The molecule has 2 aromatic rings. The van der Waals surface area contributed by atoms with Crippen molar-refractivity contribution >= 4 is 23.5 Å². The molecule has 0 bridgehead atoms. The predicted octanol–water partition coefficient (Wildman–Crippen LogP) is 4.11. The lowest BCUT2D eigenvalue weighted by atomic mass is 9.79. The fourth-order valence-electron chi connectivity index (χ4n) is 3.43. The maximum atomic E-state index is 13.0. The van der Waals surface area contributed by atoms with Gasteiger partial charge in [-0.1, -0.05) is 48.0 Å². The smallest absolute Gasteiger partial charge is 0.313 e. The van der Waals surface area contributed by atoms with Crippen LogP contribution in [0.25, 0.3) is 0 Å². The Morgan fingerprint density at radius 3 is 2.25 bits per heavy atom. The number of carboxylic acid groups (broad SMARTS) is 1. The van der Waals surface area contributed by atoms with Gasteiger partial charge in [-0.2, -0.15) is 0 Å². The number of aliphatic carboxylic acids is 1. The van der Waals surface area contributed by atoms with Crippen LogP contribution >= 0.6 is 11.6 Å². The number of benzene rings is 2. The van der Waals surface area contributed by atoms with Crippen molar-refractivity contribution in [3.63, 3.8) is 0 Å². The molecule has 124 valence electrons. The largest absolute Gasteiger partial charge is 0.481 e. The van der Waals surface area contributed by atoms with Crippen molar-refractivity contribution in [1.29, 1.82) is 0 Å². The van der Waals surface area contributed by atoms with Gasteiger partial charge in [0.1, 0.15) is 5.92 Å². The van der Waals surface area contributed by atoms with E-state index in [1.165, 1.54) is 0 Å². The number of fused-ring (bicyclic) bond motifs is 1. The summed E-state index contributed by atoms with van der Waals surface area (Å²) in [5, 5.41) is 10.4. The number of carbonyl (C=O) groups is 2. The minimum Gasteiger partial charge on any atom is -0.481 e. The van der Waals surface area contributed by atoms with E-state index in [-0.39, 0.29) is 11.9 Å². The lowest BCUT2D eigenvalue weighted by Gasteiger charge is -2.43. The van der Waals surface area contributed by atoms with Crippen molar-refractivity contribution in [3.05, 3.63) is 70.2 Å². The van der Waals surface area contributed by atoms with Crippen LogP contribution in [-0.4, -0.2) is 27.9 Å². The van der Waals surface area contributed by atoms with Crippen molar-refractivity contribution in [2.24, 2.45) is 0 Å². The summed E-state index contributed by atoms with van der Waals surface area (Å²) >= 11 is 6.34. The Morgan fingerprint density at radius 1 is 1.08 bits per heavy atom. The highest BCUT2D eigenvalue weighted by molar-refractivity contribution is 6.31. The van der Waals surface area contributed by atoms with E-state index in [2.05, 4.69) is 0 Å². The Balaban J connectivity index is 2.29. The summed E-state index contributed by atoms with van der Waals surface area (Å²) < 4.78 is 0. The average molecular weight is 344 g/mol. The quantitative estimate of drug-likeness (QED) is 0.912. The lowest BCUT2D eigenvalue weighted by molar-refractivity contribution is -0.140. The first-order chi connectivity index (χ1) is 11.4. The third-order valence-corrected chi connectivity index (χ3v) is 4.77. The monoisotopic (exact) mass is 343 g/mol. The van der Waals surface area contributed by atoms with Crippen LogP contribution in [0.1, 0.15) is 47.3 Å². The Hall–Kier alpha value is -2.33. The second-order valence-electron chi connectivity index (χ2n) is 6.18. The topological polar surface area (TPSA) is 57.6 Å². The molecule has 2 aromatic carbocycles. The SMILES string of the molecule is CC(C)N1C(=O)c2ccccc2C(C(=O)O)C1c1ccccc1Cl. The van der Waals surface area contributed by atoms with Crippen molar-refractivity contribution in [1.82, 2.24) is 4.90 Å². The van der Waals surface area contributed by atoms with Gasteiger partial charge in [0.2, 0.25) is 0 Å². The summed E-state index contributed by atoms with van der Waals surface area (Å²) in [5.74, 6) is -1.99. The van der Waals surface area contributed by atoms with E-state index < -0.39 is 17.9 Å². The van der Waals surface area contributed by atoms with Crippen LogP contribution in [0.5, 0.6) is 0 Å². The van der Waals surface area contributed by atoms with Crippen molar-refractivity contribution in [3.8, 4) is 0 Å². The van der Waals surface area contributed by atoms with Gasteiger partial charge in [0.25, 0.3) is 5.91 Å². The van der Waals surface area contributed by atoms with Crippen LogP contribution in [-0.2, 0) is 4.79 Å². The predicted molar refractivity (Wildman–Crippen MR) is 92.3 cm³/mol. The number of halogens is 1. The van der Waals surface area contributed by atoms with E-state index in [0.717, 1.165) is 0 Å². The van der Waals surface area contributed by atoms with E-state index in [1.807, 2.05) is 19.9 Å². The lowest BCUT2D eigenvalue weighted by Crippen LogP contribution is -2.48. The first-order valence-electron chi connectivity index (χ1n) is 7.82. The molecule has 1 heterocycles. The number of carbonyl (C=O) groups excluding carboxylic acids is 1. The first kappa shape index (κ1) is 16.5. The van der Waals surface area contributed by atoms with Gasteiger partial charge >= 0.3 is 5.97 Å². The number of amides is 1. The maximum absolute atomic E-state index is 13.0. The van der Waals surface area contributed by atoms with E-state index in [9.17, 15) is 14.7 Å². The number of nitrogens with zero attached hydrogens (tertiary/aromatic N) is 1. The second-order valence-corrected chi connectivity index (χ2v) is 6.58. The summed E-state index contributed by atoms with van der Waals surface area (Å²) in [6, 6.07) is 13.2. The zero-order chi connectivity index (χ0) is 17.4. The molecule has 0 aliphatic carbocycles. The highest BCUT2D eigenvalue weighted by Crippen LogP contribution is 2.45. The van der Waals surface area contributed by atoms with Gasteiger partial charge in [-0.05, 0) is 37.1 Å². The molecule has 1 aliphatic rings. The van der Waals surface area contributed by atoms with Crippen LogP contribution < -0.4 is 0 Å². The first-order valence-corrected chi connectivity index (χ1v) is 8.20. The summed E-state index contributed by atoms with van der Waals surface area (Å²) in [5.41, 5.74) is 1.64. The van der Waals surface area contributed by atoms with Crippen LogP contribution in [0.2, 0.25) is 5.02 Å². The fourth-order valence-corrected chi connectivity index (χ4v) is 3.67. The van der Waals surface area contributed by atoms with Gasteiger partial charge in [-0.15, -0.1) is 0 Å². The van der Waals surface area contributed by atoms with Crippen LogP contribution in [0.3, 0.4) is 0 Å². The molecular formula is C19H18ClNO3. The van der Waals surface area contributed by atoms with E-state index in [0.29, 0.717) is 21.7 Å². The molecule has 4 nitrogen and oxygen atoms in total. The maximum Gasteiger partial charge on any atom is 0.313 e. The Bertz CT molecular complexity index is 803. The standard InChI is InChI=1S/C19H18ClNO3/c1-11(2)21-17(14-9-5-6-10-15(14)20)16(19(23)24)12-7-3-4-8-13(12)18(21)22/h3-11,16-17H,1-2H3,(H,23,24). The minimum atomic E-state index is -0.967. The van der Waals surface area contributed by atoms with Gasteiger partial charge in [0, 0.05) is 16.6 Å². The van der Waals surface area contributed by atoms with Gasteiger partial charge in [0.05, 0.1) is 6.04 Å². The number of hydrogen-bond donors (Lipinski definition) is 1. The molecule has 0 fully saturated rings. The van der Waals surface area contributed by atoms with E-state index in [4.69, 9.17) is 11.6 Å². The highest BCUT2D eigenvalue weighted by Gasteiger charge is 2.45. The number of carboxylic acids is 1. The van der Waals surface area contributed by atoms with Gasteiger partial charge < -0.3 is 10.0 Å². The number of rotatable bonds is 3. The Kier molecular flexibility index (Phi) is 4.33. The van der Waals surface area contributed by atoms with E-state index >= 15 is 0 Å². The van der Waals surface area contributed by atoms with Crippen LogP contribution in [0.15, 0.2) is 48.5 Å². The van der Waals surface area contributed by atoms with Gasteiger partial charge in [-0.25, -0.2) is 0 Å². The highest BCUT2D eigenvalue weighted by atomic mass is 35.5. The zero-order valence-corrected chi connectivity index (χ0v) is 14.2. The molecule has 2 atom stereocenters. The molecule has 1 aliphatic heterocycles. The molecule has 0 aromatic heterocycles. The summed E-state index contributed by atoms with van der Waals surface area (Å²) in [6.45, 7) is 3.77. The summed E-state index contributed by atoms with van der Waals surface area (Å²) in [6.07, 6.45) is 0. The molecule has 5 heteroatoms. The molecule has 2 unspecified atom stereocenters. The Labute approximate surface area is 145 Å². The van der Waals surface area contributed by atoms with Crippen molar-refractivity contribution < 1.29 is 14.7 Å². The second kappa shape index (κ2) is 6.29. The average Bonchev–Trinajstić information content (AvgIpc) is 2.54. The molecule has 24 heavy (non-hydrogen) atoms. The normalized spacial score (nSPS) is 20.2. The molecule has 1 amide bonds. The van der Waals surface area contributed by atoms with E-state index in [1.54, 1.807) is 47.4 Å². The molecule has 0 saturated carbocycles. The van der Waals surface area contributed by atoms with Crippen LogP contribution in [0.4, 0.5) is 0 Å². The van der Waals surface area contributed by atoms with Gasteiger partial charge in [0.15, 0.2) is 0 Å². The van der Waals surface area contributed by atoms with Crippen molar-refractivity contribution in [2.75, 3.05) is 0 Å². The molecule has 1 N–H and O–H groups in total. The summed E-state index contributed by atoms with van der Waals surface area (Å²) in [4.78, 5) is 26.7. The molecule has 0 saturated heterocycles. The fraction of sp³-hybridized carbons (Fsp3) is 0.263. The summed E-state index contributed by atoms with van der Waals surface area (Å²) in [7, 11) is 0. The number of hydrogen-bond acceptors (Lipinski definition) is 2. The van der Waals surface area contributed by atoms with Crippen LogP contribution in [0, 0.1) is 0 Å². The third-order valence-electron chi connectivity index (χ3n) is 4.42. The van der Waals surface area contributed by atoms with Gasteiger partial charge in [-0.3, -0.25) is 9.59 Å². The molecule has 0 radical (unpaired) electrons. The third kappa shape index (κ3) is 2.57. The zero-order valence-electron chi connectivity index (χ0n) is 13.4. The molecule has 0 spiro atoms.